The lowest BCUT2D eigenvalue weighted by Crippen LogP contribution is -2.34. The second-order valence-corrected chi connectivity index (χ2v) is 8.46. The molecule has 0 bridgehead atoms. The molecule has 138 valence electrons. The van der Waals surface area contributed by atoms with Crippen LogP contribution in [0.4, 0.5) is 13.2 Å². The first-order valence-corrected chi connectivity index (χ1v) is 9.27. The molecule has 2 aromatic rings. The number of nitrogens with zero attached hydrogens (tertiary/aromatic N) is 1. The average Bonchev–Trinajstić information content (AvgIpc) is 2.97. The average molecular weight is 391 g/mol. The number of hydrogen-bond acceptors (Lipinski definition) is 1. The van der Waals surface area contributed by atoms with Crippen molar-refractivity contribution >= 4 is 34.9 Å². The summed E-state index contributed by atoms with van der Waals surface area (Å²) in [4.78, 5) is 3.02. The minimum Gasteiger partial charge on any atom is -0.329 e. The van der Waals surface area contributed by atoms with Gasteiger partial charge in [-0.2, -0.15) is 13.2 Å². The van der Waals surface area contributed by atoms with Gasteiger partial charge >= 0.3 is 6.18 Å². The van der Waals surface area contributed by atoms with Crippen molar-refractivity contribution in [3.8, 4) is 0 Å². The third-order valence-corrected chi connectivity index (χ3v) is 6.91. The van der Waals surface area contributed by atoms with Gasteiger partial charge in [0.2, 0.25) is 0 Å². The molecular formula is C18H22ClF3N2S. The Morgan fingerprint density at radius 3 is 2.52 bits per heavy atom. The van der Waals surface area contributed by atoms with E-state index in [1.165, 1.54) is 0 Å². The zero-order chi connectivity index (χ0) is 18.7. The van der Waals surface area contributed by atoms with Gasteiger partial charge in [-0.3, -0.25) is 0 Å². The van der Waals surface area contributed by atoms with Gasteiger partial charge in [0.1, 0.15) is 0 Å². The number of aromatic amines is 1. The standard InChI is InChI=1S/C18H22ClF3N2S/c1-9(2)17(4)10(3)5-6-14(17)24-13-8-11(18(20,21)22)7-12(19)15(13)23-16(24)25/h7-10,14H,5-6H2,1-4H3,(H,23,25)/t10?,14?,17-/m0/s1. The molecule has 1 saturated carbocycles. The van der Waals surface area contributed by atoms with Crippen LogP contribution in [0.5, 0.6) is 0 Å². The highest BCUT2D eigenvalue weighted by atomic mass is 35.5. The van der Waals surface area contributed by atoms with E-state index >= 15 is 0 Å². The summed E-state index contributed by atoms with van der Waals surface area (Å²) in [6.45, 7) is 8.77. The van der Waals surface area contributed by atoms with Crippen LogP contribution in [0.25, 0.3) is 11.0 Å². The molecular weight excluding hydrogens is 369 g/mol. The van der Waals surface area contributed by atoms with Gasteiger partial charge in [-0.15, -0.1) is 0 Å². The second-order valence-electron chi connectivity index (χ2n) is 7.67. The third kappa shape index (κ3) is 2.81. The summed E-state index contributed by atoms with van der Waals surface area (Å²) in [5, 5.41) is 0.0481. The van der Waals surface area contributed by atoms with Crippen molar-refractivity contribution in [2.75, 3.05) is 0 Å². The molecule has 0 amide bonds. The number of imidazole rings is 1. The maximum Gasteiger partial charge on any atom is 0.416 e. The minimum absolute atomic E-state index is 0.0447. The number of benzene rings is 1. The van der Waals surface area contributed by atoms with Crippen molar-refractivity contribution in [2.45, 2.75) is 52.8 Å². The molecule has 0 saturated heterocycles. The van der Waals surface area contributed by atoms with Crippen LogP contribution in [0.15, 0.2) is 12.1 Å². The fraction of sp³-hybridized carbons (Fsp3) is 0.611. The van der Waals surface area contributed by atoms with E-state index in [1.807, 2.05) is 4.57 Å². The zero-order valence-electron chi connectivity index (χ0n) is 14.7. The van der Waals surface area contributed by atoms with Crippen LogP contribution in [0, 0.1) is 22.0 Å². The predicted molar refractivity (Wildman–Crippen MR) is 97.5 cm³/mol. The highest BCUT2D eigenvalue weighted by molar-refractivity contribution is 7.71. The van der Waals surface area contributed by atoms with E-state index in [0.717, 1.165) is 25.0 Å². The number of rotatable bonds is 2. The fourth-order valence-corrected chi connectivity index (χ4v) is 4.96. The lowest BCUT2D eigenvalue weighted by Gasteiger charge is -2.40. The topological polar surface area (TPSA) is 20.7 Å². The molecule has 0 spiro atoms. The Balaban J connectivity index is 2.28. The molecule has 1 aliphatic rings. The lowest BCUT2D eigenvalue weighted by molar-refractivity contribution is -0.137. The summed E-state index contributed by atoms with van der Waals surface area (Å²) < 4.78 is 42.1. The summed E-state index contributed by atoms with van der Waals surface area (Å²) >= 11 is 11.6. The number of fused-ring (bicyclic) bond motifs is 1. The molecule has 1 N–H and O–H groups in total. The Morgan fingerprint density at radius 1 is 1.32 bits per heavy atom. The Morgan fingerprint density at radius 2 is 1.96 bits per heavy atom. The van der Waals surface area contributed by atoms with E-state index in [9.17, 15) is 13.2 Å². The zero-order valence-corrected chi connectivity index (χ0v) is 16.2. The summed E-state index contributed by atoms with van der Waals surface area (Å²) in [6.07, 6.45) is -2.52. The molecule has 1 aromatic heterocycles. The molecule has 0 aliphatic heterocycles. The predicted octanol–water partition coefficient (Wildman–Crippen LogP) is 7.00. The minimum atomic E-state index is -4.45. The van der Waals surface area contributed by atoms with Crippen LogP contribution >= 0.6 is 23.8 Å². The molecule has 3 rings (SSSR count). The van der Waals surface area contributed by atoms with Crippen LogP contribution in [-0.2, 0) is 6.18 Å². The van der Waals surface area contributed by atoms with Crippen LogP contribution in [0.1, 0.15) is 52.1 Å². The van der Waals surface area contributed by atoms with Crippen molar-refractivity contribution in [2.24, 2.45) is 17.3 Å². The first-order chi connectivity index (χ1) is 11.5. The summed E-state index contributed by atoms with van der Waals surface area (Å²) in [5.41, 5.74) is 0.125. The number of alkyl halides is 3. The van der Waals surface area contributed by atoms with Crippen molar-refractivity contribution in [3.63, 3.8) is 0 Å². The lowest BCUT2D eigenvalue weighted by atomic mass is 9.69. The largest absolute Gasteiger partial charge is 0.416 e. The number of H-pyrrole nitrogens is 1. The first-order valence-electron chi connectivity index (χ1n) is 8.48. The molecule has 2 unspecified atom stereocenters. The van der Waals surface area contributed by atoms with Crippen LogP contribution in [0.2, 0.25) is 5.02 Å². The maximum absolute atomic E-state index is 13.2. The molecule has 7 heteroatoms. The quantitative estimate of drug-likeness (QED) is 0.547. The van der Waals surface area contributed by atoms with Crippen molar-refractivity contribution in [1.29, 1.82) is 0 Å². The Bertz CT molecular complexity index is 868. The van der Waals surface area contributed by atoms with Crippen molar-refractivity contribution < 1.29 is 13.2 Å². The highest BCUT2D eigenvalue weighted by Gasteiger charge is 2.48. The number of aromatic nitrogens is 2. The van der Waals surface area contributed by atoms with Gasteiger partial charge in [0.05, 0.1) is 21.6 Å². The number of nitrogens with one attached hydrogen (secondary N) is 1. The second kappa shape index (κ2) is 6.02. The Labute approximate surface area is 155 Å². The van der Waals surface area contributed by atoms with Crippen LogP contribution in [-0.4, -0.2) is 9.55 Å². The third-order valence-electron chi connectivity index (χ3n) is 6.32. The summed E-state index contributed by atoms with van der Waals surface area (Å²) in [6, 6.07) is 2.17. The number of hydrogen-bond donors (Lipinski definition) is 1. The molecule has 1 aliphatic carbocycles. The molecule has 1 heterocycles. The Kier molecular flexibility index (Phi) is 4.52. The van der Waals surface area contributed by atoms with Crippen molar-refractivity contribution in [3.05, 3.63) is 27.5 Å². The van der Waals surface area contributed by atoms with Gasteiger partial charge in [0.25, 0.3) is 0 Å². The SMILES string of the molecule is CC(C)[C@@]1(C)C(C)CCC1n1c(=S)[nH]c2c(Cl)cc(C(F)(F)F)cc21. The Hall–Kier alpha value is -1.01. The fourth-order valence-electron chi connectivity index (χ4n) is 4.37. The number of halogens is 4. The van der Waals surface area contributed by atoms with Gasteiger partial charge < -0.3 is 9.55 Å². The monoisotopic (exact) mass is 390 g/mol. The van der Waals surface area contributed by atoms with Crippen LogP contribution < -0.4 is 0 Å². The van der Waals surface area contributed by atoms with Crippen molar-refractivity contribution in [1.82, 2.24) is 9.55 Å². The van der Waals surface area contributed by atoms with E-state index < -0.39 is 11.7 Å². The normalized spacial score (nSPS) is 27.6. The highest BCUT2D eigenvalue weighted by Crippen LogP contribution is 2.55. The summed E-state index contributed by atoms with van der Waals surface area (Å²) in [7, 11) is 0. The molecule has 2 nitrogen and oxygen atoms in total. The van der Waals surface area contributed by atoms with E-state index in [-0.39, 0.29) is 16.5 Å². The van der Waals surface area contributed by atoms with Crippen LogP contribution in [0.3, 0.4) is 0 Å². The van der Waals surface area contributed by atoms with Gasteiger partial charge in [-0.25, -0.2) is 0 Å². The molecule has 0 radical (unpaired) electrons. The van der Waals surface area contributed by atoms with E-state index in [1.54, 1.807) is 0 Å². The van der Waals surface area contributed by atoms with E-state index in [0.29, 0.717) is 27.6 Å². The molecule has 25 heavy (non-hydrogen) atoms. The molecule has 3 atom stereocenters. The smallest absolute Gasteiger partial charge is 0.329 e. The van der Waals surface area contributed by atoms with Gasteiger partial charge in [0, 0.05) is 6.04 Å². The van der Waals surface area contributed by atoms with Gasteiger partial charge in [-0.05, 0) is 54.4 Å². The van der Waals surface area contributed by atoms with Gasteiger partial charge in [-0.1, -0.05) is 39.3 Å². The maximum atomic E-state index is 13.2. The molecule has 1 aromatic carbocycles. The first kappa shape index (κ1) is 18.8. The van der Waals surface area contributed by atoms with Gasteiger partial charge in [0.15, 0.2) is 4.77 Å². The summed E-state index contributed by atoms with van der Waals surface area (Å²) in [5.74, 6) is 0.841. The molecule has 1 fully saturated rings. The van der Waals surface area contributed by atoms with E-state index in [4.69, 9.17) is 23.8 Å². The van der Waals surface area contributed by atoms with E-state index in [2.05, 4.69) is 32.7 Å².